The molecular formula is C28H27BrN4O4S. The first-order chi connectivity index (χ1) is 18.2. The summed E-state index contributed by atoms with van der Waals surface area (Å²) in [6.45, 7) is 3.24. The second kappa shape index (κ2) is 10.7. The third kappa shape index (κ3) is 5.24. The molecule has 10 heteroatoms. The number of hydrogen-bond donors (Lipinski definition) is 1. The van der Waals surface area contributed by atoms with Crippen molar-refractivity contribution >= 4 is 48.5 Å². The molecule has 0 unspecified atom stereocenters. The maximum Gasteiger partial charge on any atom is 0.264 e. The second-order valence-corrected chi connectivity index (χ2v) is 12.1. The Kier molecular flexibility index (Phi) is 7.38. The van der Waals surface area contributed by atoms with Gasteiger partial charge in [-0.2, -0.15) is 0 Å². The van der Waals surface area contributed by atoms with Crippen molar-refractivity contribution in [2.24, 2.45) is 0 Å². The van der Waals surface area contributed by atoms with E-state index in [-0.39, 0.29) is 21.8 Å². The van der Waals surface area contributed by atoms with Crippen LogP contribution in [0.1, 0.15) is 15.9 Å². The molecule has 196 valence electrons. The van der Waals surface area contributed by atoms with E-state index < -0.39 is 15.5 Å². The fourth-order valence-corrected chi connectivity index (χ4v) is 6.07. The van der Waals surface area contributed by atoms with Crippen molar-refractivity contribution in [1.82, 2.24) is 14.8 Å². The van der Waals surface area contributed by atoms with Gasteiger partial charge in [0.1, 0.15) is 5.56 Å². The molecule has 1 fully saturated rings. The average Bonchev–Trinajstić information content (AvgIpc) is 2.94. The molecule has 0 atom stereocenters. The van der Waals surface area contributed by atoms with Crippen LogP contribution in [-0.2, 0) is 16.6 Å². The number of pyridine rings is 1. The molecule has 0 spiro atoms. The zero-order valence-corrected chi connectivity index (χ0v) is 23.2. The number of piperazine rings is 1. The molecule has 1 aromatic heterocycles. The van der Waals surface area contributed by atoms with Gasteiger partial charge in [-0.15, -0.1) is 0 Å². The van der Waals surface area contributed by atoms with Gasteiger partial charge in [0, 0.05) is 61.3 Å². The highest BCUT2D eigenvalue weighted by Gasteiger charge is 2.26. The summed E-state index contributed by atoms with van der Waals surface area (Å²) in [6, 6.07) is 21.4. The van der Waals surface area contributed by atoms with Crippen molar-refractivity contribution in [2.45, 2.75) is 11.4 Å². The molecule has 8 nitrogen and oxygen atoms in total. The van der Waals surface area contributed by atoms with E-state index in [0.29, 0.717) is 37.4 Å². The van der Waals surface area contributed by atoms with Gasteiger partial charge in [-0.25, -0.2) is 8.42 Å². The molecule has 4 aromatic rings. The van der Waals surface area contributed by atoms with Gasteiger partial charge in [0.05, 0.1) is 10.6 Å². The van der Waals surface area contributed by atoms with Gasteiger partial charge >= 0.3 is 0 Å². The van der Waals surface area contributed by atoms with Crippen molar-refractivity contribution in [3.05, 3.63) is 105 Å². The Bertz CT molecular complexity index is 1630. The van der Waals surface area contributed by atoms with Gasteiger partial charge in [0.2, 0.25) is 5.43 Å². The number of sulfonamides is 1. The minimum atomic E-state index is -3.93. The number of benzene rings is 3. The standard InChI is InChI=1S/C28H27BrN4O4S/c1-31(22-9-7-21(29)8-10-22)38(36,37)23-11-12-26-24(17-23)27(34)25(18-30-26)28(35)33-15-13-32(14-16-33)19-20-5-3-2-4-6-20/h2-12,17-18H,13-16,19H2,1H3,(H,30,34). The SMILES string of the molecule is CN(c1ccc(Br)cc1)S(=O)(=O)c1ccc2[nH]cc(C(=O)N3CCN(Cc4ccccc4)CC3)c(=O)c2c1. The predicted octanol–water partition coefficient (Wildman–Crippen LogP) is 4.07. The Balaban J connectivity index is 1.36. The van der Waals surface area contributed by atoms with Crippen molar-refractivity contribution < 1.29 is 13.2 Å². The maximum atomic E-state index is 13.4. The molecule has 0 saturated carbocycles. The number of aromatic amines is 1. The minimum Gasteiger partial charge on any atom is -0.360 e. The lowest BCUT2D eigenvalue weighted by Crippen LogP contribution is -2.49. The van der Waals surface area contributed by atoms with Crippen LogP contribution >= 0.6 is 15.9 Å². The Hall–Kier alpha value is -3.47. The summed E-state index contributed by atoms with van der Waals surface area (Å²) in [4.78, 5) is 33.6. The van der Waals surface area contributed by atoms with Crippen molar-refractivity contribution in [3.8, 4) is 0 Å². The molecule has 38 heavy (non-hydrogen) atoms. The zero-order chi connectivity index (χ0) is 26.9. The number of anilines is 1. The van der Waals surface area contributed by atoms with Crippen molar-refractivity contribution in [1.29, 1.82) is 0 Å². The molecule has 1 aliphatic rings. The van der Waals surface area contributed by atoms with E-state index in [1.54, 1.807) is 35.2 Å². The summed E-state index contributed by atoms with van der Waals surface area (Å²) < 4.78 is 28.6. The van der Waals surface area contributed by atoms with E-state index in [1.807, 2.05) is 18.2 Å². The smallest absolute Gasteiger partial charge is 0.264 e. The van der Waals surface area contributed by atoms with Gasteiger partial charge in [-0.05, 0) is 48.0 Å². The Morgan fingerprint density at radius 3 is 2.34 bits per heavy atom. The van der Waals surface area contributed by atoms with E-state index >= 15 is 0 Å². The molecule has 0 radical (unpaired) electrons. The number of fused-ring (bicyclic) bond motifs is 1. The fraction of sp³-hybridized carbons (Fsp3) is 0.214. The molecule has 0 bridgehead atoms. The van der Waals surface area contributed by atoms with E-state index in [1.165, 1.54) is 35.2 Å². The normalized spacial score (nSPS) is 14.5. The van der Waals surface area contributed by atoms with Gasteiger partial charge in [-0.1, -0.05) is 46.3 Å². The van der Waals surface area contributed by atoms with Crippen LogP contribution < -0.4 is 9.73 Å². The average molecular weight is 596 g/mol. The van der Waals surface area contributed by atoms with Crippen LogP contribution in [0.15, 0.2) is 93.2 Å². The number of rotatable bonds is 6. The van der Waals surface area contributed by atoms with Crippen LogP contribution in [0, 0.1) is 0 Å². The van der Waals surface area contributed by atoms with Crippen LogP contribution in [0.2, 0.25) is 0 Å². The molecule has 3 aromatic carbocycles. The van der Waals surface area contributed by atoms with E-state index in [2.05, 4.69) is 37.9 Å². The molecule has 1 aliphatic heterocycles. The molecular weight excluding hydrogens is 568 g/mol. The highest BCUT2D eigenvalue weighted by molar-refractivity contribution is 9.10. The monoisotopic (exact) mass is 594 g/mol. The molecule has 5 rings (SSSR count). The fourth-order valence-electron chi connectivity index (χ4n) is 4.59. The molecule has 1 N–H and O–H groups in total. The van der Waals surface area contributed by atoms with Crippen molar-refractivity contribution in [2.75, 3.05) is 37.5 Å². The number of amides is 1. The van der Waals surface area contributed by atoms with Gasteiger partial charge in [0.15, 0.2) is 0 Å². The number of aromatic nitrogens is 1. The summed E-state index contributed by atoms with van der Waals surface area (Å²) >= 11 is 3.35. The summed E-state index contributed by atoms with van der Waals surface area (Å²) in [5, 5.41) is 0.156. The highest BCUT2D eigenvalue weighted by Crippen LogP contribution is 2.25. The minimum absolute atomic E-state index is 0.00446. The zero-order valence-electron chi connectivity index (χ0n) is 20.8. The van der Waals surface area contributed by atoms with Gasteiger partial charge in [0.25, 0.3) is 15.9 Å². The van der Waals surface area contributed by atoms with E-state index in [4.69, 9.17) is 0 Å². The van der Waals surface area contributed by atoms with Crippen LogP contribution in [0.3, 0.4) is 0 Å². The Morgan fingerprint density at radius 1 is 0.974 bits per heavy atom. The number of carbonyl (C=O) groups is 1. The second-order valence-electron chi connectivity index (χ2n) is 9.24. The summed E-state index contributed by atoms with van der Waals surface area (Å²) in [6.07, 6.45) is 1.42. The molecule has 1 saturated heterocycles. The first-order valence-corrected chi connectivity index (χ1v) is 14.4. The van der Waals surface area contributed by atoms with Crippen LogP contribution in [0.4, 0.5) is 5.69 Å². The van der Waals surface area contributed by atoms with E-state index in [0.717, 1.165) is 11.0 Å². The number of nitrogens with zero attached hydrogens (tertiary/aromatic N) is 3. The maximum absolute atomic E-state index is 13.4. The summed E-state index contributed by atoms with van der Waals surface area (Å²) in [5.41, 5.74) is 1.68. The number of carbonyl (C=O) groups excluding carboxylic acids is 1. The third-order valence-electron chi connectivity index (χ3n) is 6.84. The van der Waals surface area contributed by atoms with E-state index in [9.17, 15) is 18.0 Å². The first kappa shape index (κ1) is 26.1. The molecule has 1 amide bonds. The quantitative estimate of drug-likeness (QED) is 0.363. The number of nitrogens with one attached hydrogen (secondary N) is 1. The molecule has 0 aliphatic carbocycles. The lowest BCUT2D eigenvalue weighted by atomic mass is 10.1. The van der Waals surface area contributed by atoms with Crippen LogP contribution in [0.25, 0.3) is 10.9 Å². The lowest BCUT2D eigenvalue weighted by Gasteiger charge is -2.34. The Labute approximate surface area is 229 Å². The van der Waals surface area contributed by atoms with Gasteiger partial charge in [-0.3, -0.25) is 18.8 Å². The number of halogens is 1. The van der Waals surface area contributed by atoms with Gasteiger partial charge < -0.3 is 9.88 Å². The Morgan fingerprint density at radius 2 is 1.66 bits per heavy atom. The third-order valence-corrected chi connectivity index (χ3v) is 9.15. The topological polar surface area (TPSA) is 93.8 Å². The van der Waals surface area contributed by atoms with Crippen LogP contribution in [-0.4, -0.2) is 62.3 Å². The molecule has 2 heterocycles. The highest BCUT2D eigenvalue weighted by atomic mass is 79.9. The number of H-pyrrole nitrogens is 1. The predicted molar refractivity (Wildman–Crippen MR) is 152 cm³/mol. The van der Waals surface area contributed by atoms with Crippen LogP contribution in [0.5, 0.6) is 0 Å². The summed E-state index contributed by atoms with van der Waals surface area (Å²) in [7, 11) is -2.47. The number of hydrogen-bond acceptors (Lipinski definition) is 5. The largest absolute Gasteiger partial charge is 0.360 e. The summed E-state index contributed by atoms with van der Waals surface area (Å²) in [5.74, 6) is -0.354. The first-order valence-electron chi connectivity index (χ1n) is 12.2. The van der Waals surface area contributed by atoms with Crippen molar-refractivity contribution in [3.63, 3.8) is 0 Å². The lowest BCUT2D eigenvalue weighted by molar-refractivity contribution is 0.0627.